The molecule has 0 radical (unpaired) electrons. The number of hydrogen-bond donors (Lipinski definition) is 1. The van der Waals surface area contributed by atoms with E-state index in [-0.39, 0.29) is 28.6 Å². The minimum atomic E-state index is -0.579. The number of pyridine rings is 1. The van der Waals surface area contributed by atoms with Gasteiger partial charge in [-0.15, -0.1) is 11.3 Å². The second-order valence-electron chi connectivity index (χ2n) is 6.95. The number of nitrogens with zero attached hydrogens (tertiary/aromatic N) is 5. The molecule has 0 atom stereocenters. The highest BCUT2D eigenvalue weighted by Crippen LogP contribution is 2.35. The molecule has 0 spiro atoms. The van der Waals surface area contributed by atoms with Crippen LogP contribution in [0.5, 0.6) is 0 Å². The maximum absolute atomic E-state index is 12.8. The van der Waals surface area contributed by atoms with E-state index in [0.717, 1.165) is 37.3 Å². The molecule has 0 amide bonds. The number of nitrogens with two attached hydrogens (primary N) is 1. The van der Waals surface area contributed by atoms with Crippen molar-refractivity contribution in [3.05, 3.63) is 28.4 Å². The maximum Gasteiger partial charge on any atom is 0.338 e. The molecule has 30 heavy (non-hydrogen) atoms. The summed E-state index contributed by atoms with van der Waals surface area (Å²) in [4.78, 5) is 23.0. The third-order valence-corrected chi connectivity index (χ3v) is 5.88. The predicted octanol–water partition coefficient (Wildman–Crippen LogP) is 1.20. The van der Waals surface area contributed by atoms with Gasteiger partial charge in [0, 0.05) is 17.0 Å². The van der Waals surface area contributed by atoms with Crippen LogP contribution in [0.1, 0.15) is 47.1 Å². The molecule has 0 unspecified atom stereocenters. The van der Waals surface area contributed by atoms with Gasteiger partial charge < -0.3 is 15.6 Å². The van der Waals surface area contributed by atoms with E-state index >= 15 is 0 Å². The van der Waals surface area contributed by atoms with E-state index in [1.54, 1.807) is 30.9 Å². The number of thiophene rings is 1. The van der Waals surface area contributed by atoms with Crippen molar-refractivity contribution < 1.29 is 24.0 Å². The van der Waals surface area contributed by atoms with Crippen molar-refractivity contribution in [1.29, 1.82) is 0 Å². The van der Waals surface area contributed by atoms with Crippen LogP contribution < -0.4 is 20.6 Å². The maximum atomic E-state index is 12.8. The van der Waals surface area contributed by atoms with Gasteiger partial charge in [0.05, 0.1) is 40.6 Å². The molecule has 11 heteroatoms. The third-order valence-electron chi connectivity index (χ3n) is 4.79. The van der Waals surface area contributed by atoms with Crippen LogP contribution in [0.15, 0.2) is 21.8 Å². The first kappa shape index (κ1) is 20.1. The molecule has 3 aromatic rings. The van der Waals surface area contributed by atoms with Gasteiger partial charge in [-0.2, -0.15) is 5.01 Å². The molecule has 0 bridgehead atoms. The number of nitrogen functional groups attached to an aromatic ring is 1. The molecule has 0 aliphatic carbocycles. The lowest BCUT2D eigenvalue weighted by atomic mass is 10.1. The molecular weight excluding hydrogens is 408 g/mol. The first-order valence-corrected chi connectivity index (χ1v) is 10.6. The summed E-state index contributed by atoms with van der Waals surface area (Å²) in [6.45, 7) is 5.46. The second-order valence-corrected chi connectivity index (χ2v) is 7.95. The first-order valence-electron chi connectivity index (χ1n) is 9.74. The van der Waals surface area contributed by atoms with Crippen LogP contribution in [-0.4, -0.2) is 41.8 Å². The molecule has 1 aliphatic rings. The summed E-state index contributed by atoms with van der Waals surface area (Å²) in [5, 5.41) is 19.2. The molecule has 4 rings (SSSR count). The number of ether oxygens (including phenoxy) is 1. The number of aromatic nitrogens is 3. The fourth-order valence-electron chi connectivity index (χ4n) is 3.42. The number of esters is 1. The lowest BCUT2D eigenvalue weighted by Crippen LogP contribution is -2.60. The van der Waals surface area contributed by atoms with Gasteiger partial charge in [0.2, 0.25) is 5.27 Å². The lowest BCUT2D eigenvalue weighted by molar-refractivity contribution is -0.759. The number of piperidine rings is 1. The fraction of sp³-hybridized carbons (Fsp3) is 0.421. The van der Waals surface area contributed by atoms with Crippen molar-refractivity contribution in [2.24, 2.45) is 4.99 Å². The number of anilines is 1. The number of fused-ring (bicyclic) bond motifs is 1. The first-order chi connectivity index (χ1) is 14.5. The van der Waals surface area contributed by atoms with Crippen molar-refractivity contribution in [1.82, 2.24) is 10.3 Å². The van der Waals surface area contributed by atoms with Crippen molar-refractivity contribution in [3.63, 3.8) is 0 Å². The van der Waals surface area contributed by atoms with Crippen LogP contribution in [-0.2, 0) is 4.74 Å². The summed E-state index contributed by atoms with van der Waals surface area (Å²) in [7, 11) is 0. The van der Waals surface area contributed by atoms with Crippen LogP contribution in [0, 0.1) is 6.92 Å². The Morgan fingerprint density at radius 1 is 1.43 bits per heavy atom. The van der Waals surface area contributed by atoms with Crippen LogP contribution in [0.3, 0.4) is 0 Å². The molecule has 2 N–H and O–H groups in total. The largest absolute Gasteiger partial charge is 0.857 e. The van der Waals surface area contributed by atoms with Crippen LogP contribution in [0.4, 0.5) is 11.6 Å². The van der Waals surface area contributed by atoms with E-state index in [1.807, 2.05) is 5.01 Å². The van der Waals surface area contributed by atoms with Crippen LogP contribution >= 0.6 is 11.3 Å². The number of hydrogen-bond acceptors (Lipinski definition) is 10. The Hall–Kier alpha value is -3.21. The highest BCUT2D eigenvalue weighted by molar-refractivity contribution is 7.21. The molecule has 0 saturated carbocycles. The summed E-state index contributed by atoms with van der Waals surface area (Å²) in [6.07, 6.45) is 4.92. The Kier molecular flexibility index (Phi) is 5.53. The zero-order valence-corrected chi connectivity index (χ0v) is 17.6. The molecule has 3 aromatic heterocycles. The van der Waals surface area contributed by atoms with E-state index in [4.69, 9.17) is 15.0 Å². The minimum absolute atomic E-state index is 0.0807. The summed E-state index contributed by atoms with van der Waals surface area (Å²) < 4.78 is 10.3. The minimum Gasteiger partial charge on any atom is -0.857 e. The van der Waals surface area contributed by atoms with Crippen molar-refractivity contribution in [3.8, 4) is 0 Å². The van der Waals surface area contributed by atoms with Gasteiger partial charge in [0.15, 0.2) is 0 Å². The molecule has 158 valence electrons. The van der Waals surface area contributed by atoms with Crippen molar-refractivity contribution in [2.45, 2.75) is 33.1 Å². The van der Waals surface area contributed by atoms with Crippen LogP contribution in [0.25, 0.3) is 10.2 Å². The van der Waals surface area contributed by atoms with Gasteiger partial charge in [-0.3, -0.25) is 4.52 Å². The number of aliphatic imine (C=N–C) groups is 1. The van der Waals surface area contributed by atoms with E-state index in [2.05, 4.69) is 15.2 Å². The average Bonchev–Trinajstić information content (AvgIpc) is 3.33. The Labute approximate surface area is 176 Å². The standard InChI is InChI=1S/C19H22N6O4S/c1-3-28-19(27)12-9-11(2)21-18-14(12)15(20)16(30-18)17(26)22-13-10-25(23-29-13)24-7-5-4-6-8-24/h9-10H,3-8H2,1-2H3,(H2-,20,22,23,26). The van der Waals surface area contributed by atoms with Gasteiger partial charge in [-0.1, -0.05) is 0 Å². The van der Waals surface area contributed by atoms with Crippen LogP contribution in [0.2, 0.25) is 0 Å². The number of carbonyl (C=O) groups is 1. The van der Waals surface area contributed by atoms with E-state index in [1.165, 1.54) is 6.42 Å². The summed E-state index contributed by atoms with van der Waals surface area (Å²) in [6, 6.07) is 1.60. The number of rotatable bonds is 5. The Bertz CT molecular complexity index is 1120. The van der Waals surface area contributed by atoms with Gasteiger partial charge in [-0.25, -0.2) is 14.8 Å². The van der Waals surface area contributed by atoms with Crippen molar-refractivity contribution in [2.75, 3.05) is 30.4 Å². The molecular formula is C19H22N6O4S. The third kappa shape index (κ3) is 3.80. The van der Waals surface area contributed by atoms with Gasteiger partial charge in [-0.05, 0) is 39.2 Å². The van der Waals surface area contributed by atoms with Gasteiger partial charge in [0.25, 0.3) is 6.20 Å². The molecule has 1 saturated heterocycles. The van der Waals surface area contributed by atoms with Gasteiger partial charge >= 0.3 is 11.9 Å². The number of aryl methyl sites for hydroxylation is 1. The molecule has 1 aliphatic heterocycles. The van der Waals surface area contributed by atoms with Crippen molar-refractivity contribution >= 4 is 45.0 Å². The normalized spacial score (nSPS) is 15.0. The summed E-state index contributed by atoms with van der Waals surface area (Å²) in [5.74, 6) is -1.01. The quantitative estimate of drug-likeness (QED) is 0.276. The smallest absolute Gasteiger partial charge is 0.338 e. The zero-order chi connectivity index (χ0) is 21.3. The Balaban J connectivity index is 1.69. The van der Waals surface area contributed by atoms with E-state index < -0.39 is 11.9 Å². The molecule has 4 heterocycles. The summed E-state index contributed by atoms with van der Waals surface area (Å²) in [5.41, 5.74) is 7.29. The van der Waals surface area contributed by atoms with E-state index in [0.29, 0.717) is 15.9 Å². The second kappa shape index (κ2) is 8.27. The number of carbonyl (C=O) groups excluding carboxylic acids is 1. The lowest BCUT2D eigenvalue weighted by Gasteiger charge is -2.17. The Morgan fingerprint density at radius 2 is 2.20 bits per heavy atom. The molecule has 0 aromatic carbocycles. The SMILES string of the molecule is CCOC(=O)c1cc(C)nc2sc(/C([O-])=N\c3c[n+](N4CCCCC4)no3)c(N)c12. The Morgan fingerprint density at radius 3 is 2.93 bits per heavy atom. The fourth-order valence-corrected chi connectivity index (χ4v) is 4.47. The van der Waals surface area contributed by atoms with Gasteiger partial charge in [0.1, 0.15) is 4.83 Å². The predicted molar refractivity (Wildman–Crippen MR) is 109 cm³/mol. The van der Waals surface area contributed by atoms with E-state index in [9.17, 15) is 9.90 Å². The molecule has 10 nitrogen and oxygen atoms in total. The summed E-state index contributed by atoms with van der Waals surface area (Å²) >= 11 is 1.08. The monoisotopic (exact) mass is 430 g/mol. The highest BCUT2D eigenvalue weighted by Gasteiger charge is 2.23. The topological polar surface area (TPSA) is 134 Å². The molecule has 1 fully saturated rings. The zero-order valence-electron chi connectivity index (χ0n) is 16.8. The highest BCUT2D eigenvalue weighted by atomic mass is 32.1. The average molecular weight is 430 g/mol.